The molecule has 0 aliphatic heterocycles. The molecule has 0 saturated heterocycles. The molecule has 0 spiro atoms. The van der Waals surface area contributed by atoms with E-state index in [2.05, 4.69) is 15.7 Å². The number of nitrogens with one attached hydrogen (secondary N) is 2. The van der Waals surface area contributed by atoms with E-state index < -0.39 is 0 Å². The Labute approximate surface area is 178 Å². The third-order valence-electron chi connectivity index (χ3n) is 4.71. The van der Waals surface area contributed by atoms with Crippen LogP contribution in [0.2, 0.25) is 0 Å². The standard InChI is InChI=1S/C24H20N4O3/c1-16(29)25-18-9-11-19(12-10-18)26-23(30)15-28-24(31)14-13-22(27-28)21-8-4-6-17-5-2-3-7-20(17)21/h2-14H,15H2,1H3,(H,25,29)(H,26,30). The Morgan fingerprint density at radius 3 is 2.26 bits per heavy atom. The van der Waals surface area contributed by atoms with Gasteiger partial charge in [-0.25, -0.2) is 4.68 Å². The average Bonchev–Trinajstić information content (AvgIpc) is 2.76. The number of hydrogen-bond donors (Lipinski definition) is 2. The molecule has 1 heterocycles. The van der Waals surface area contributed by atoms with Gasteiger partial charge in [-0.2, -0.15) is 5.10 Å². The molecule has 3 aromatic carbocycles. The monoisotopic (exact) mass is 412 g/mol. The van der Waals surface area contributed by atoms with Crippen LogP contribution in [0.15, 0.2) is 83.7 Å². The number of hydrogen-bond acceptors (Lipinski definition) is 4. The van der Waals surface area contributed by atoms with Gasteiger partial charge in [0.2, 0.25) is 11.8 Å². The smallest absolute Gasteiger partial charge is 0.267 e. The molecule has 0 radical (unpaired) electrons. The van der Waals surface area contributed by atoms with Crippen molar-refractivity contribution in [3.8, 4) is 11.3 Å². The molecule has 2 amide bonds. The van der Waals surface area contributed by atoms with E-state index in [-0.39, 0.29) is 23.9 Å². The van der Waals surface area contributed by atoms with E-state index in [0.717, 1.165) is 21.0 Å². The maximum atomic E-state index is 12.5. The first-order chi connectivity index (χ1) is 15.0. The lowest BCUT2D eigenvalue weighted by molar-refractivity contribution is -0.117. The Kier molecular flexibility index (Phi) is 5.57. The maximum absolute atomic E-state index is 12.5. The van der Waals surface area contributed by atoms with Gasteiger partial charge in [0.15, 0.2) is 0 Å². The molecule has 2 N–H and O–H groups in total. The Bertz CT molecular complexity index is 1320. The third kappa shape index (κ3) is 4.67. The van der Waals surface area contributed by atoms with Crippen LogP contribution >= 0.6 is 0 Å². The van der Waals surface area contributed by atoms with Crippen molar-refractivity contribution in [3.63, 3.8) is 0 Å². The zero-order valence-electron chi connectivity index (χ0n) is 16.8. The zero-order chi connectivity index (χ0) is 21.8. The van der Waals surface area contributed by atoms with Crippen molar-refractivity contribution in [3.05, 3.63) is 89.2 Å². The minimum Gasteiger partial charge on any atom is -0.326 e. The van der Waals surface area contributed by atoms with E-state index in [4.69, 9.17) is 0 Å². The number of fused-ring (bicyclic) bond motifs is 1. The number of aromatic nitrogens is 2. The molecule has 4 aromatic rings. The van der Waals surface area contributed by atoms with Gasteiger partial charge >= 0.3 is 0 Å². The van der Waals surface area contributed by atoms with Gasteiger partial charge in [0.1, 0.15) is 6.54 Å². The lowest BCUT2D eigenvalue weighted by atomic mass is 10.0. The number of nitrogens with zero attached hydrogens (tertiary/aromatic N) is 2. The van der Waals surface area contributed by atoms with Gasteiger partial charge < -0.3 is 10.6 Å². The number of amides is 2. The fourth-order valence-electron chi connectivity index (χ4n) is 3.33. The van der Waals surface area contributed by atoms with E-state index in [1.54, 1.807) is 30.3 Å². The minimum absolute atomic E-state index is 0.173. The van der Waals surface area contributed by atoms with Gasteiger partial charge in [-0.1, -0.05) is 42.5 Å². The predicted octanol–water partition coefficient (Wildman–Crippen LogP) is 3.66. The second-order valence-electron chi connectivity index (χ2n) is 7.05. The van der Waals surface area contributed by atoms with Gasteiger partial charge in [0.25, 0.3) is 5.56 Å². The summed E-state index contributed by atoms with van der Waals surface area (Å²) < 4.78 is 1.15. The topological polar surface area (TPSA) is 93.1 Å². The van der Waals surface area contributed by atoms with Gasteiger partial charge in [-0.05, 0) is 41.1 Å². The van der Waals surface area contributed by atoms with E-state index in [1.165, 1.54) is 13.0 Å². The molecule has 0 atom stereocenters. The molecule has 154 valence electrons. The number of benzene rings is 3. The number of anilines is 2. The third-order valence-corrected chi connectivity index (χ3v) is 4.71. The molecule has 1 aromatic heterocycles. The van der Waals surface area contributed by atoms with Crippen LogP contribution in [0.25, 0.3) is 22.0 Å². The molecular formula is C24H20N4O3. The van der Waals surface area contributed by atoms with Crippen LogP contribution in [0.3, 0.4) is 0 Å². The lowest BCUT2D eigenvalue weighted by Gasteiger charge is -2.10. The number of carbonyl (C=O) groups is 2. The molecule has 7 nitrogen and oxygen atoms in total. The van der Waals surface area contributed by atoms with Crippen molar-refractivity contribution in [2.24, 2.45) is 0 Å². The number of carbonyl (C=O) groups excluding carboxylic acids is 2. The van der Waals surface area contributed by atoms with Crippen molar-refractivity contribution < 1.29 is 9.59 Å². The first-order valence-corrected chi connectivity index (χ1v) is 9.73. The average molecular weight is 412 g/mol. The van der Waals surface area contributed by atoms with Crippen molar-refractivity contribution in [1.82, 2.24) is 9.78 Å². The van der Waals surface area contributed by atoms with Crippen LogP contribution in [-0.2, 0) is 16.1 Å². The quantitative estimate of drug-likeness (QED) is 0.523. The highest BCUT2D eigenvalue weighted by Crippen LogP contribution is 2.26. The molecule has 0 saturated carbocycles. The summed E-state index contributed by atoms with van der Waals surface area (Å²) in [6, 6.07) is 23.6. The van der Waals surface area contributed by atoms with Gasteiger partial charge in [0.05, 0.1) is 5.69 Å². The molecular weight excluding hydrogens is 392 g/mol. The molecule has 0 aliphatic rings. The van der Waals surface area contributed by atoms with Crippen molar-refractivity contribution >= 4 is 34.0 Å². The van der Waals surface area contributed by atoms with Gasteiger partial charge in [-0.15, -0.1) is 0 Å². The first-order valence-electron chi connectivity index (χ1n) is 9.73. The largest absolute Gasteiger partial charge is 0.326 e. The summed E-state index contributed by atoms with van der Waals surface area (Å²) in [4.78, 5) is 35.9. The predicted molar refractivity (Wildman–Crippen MR) is 121 cm³/mol. The van der Waals surface area contributed by atoms with Crippen molar-refractivity contribution in [2.75, 3.05) is 10.6 Å². The molecule has 7 heteroatoms. The fourth-order valence-corrected chi connectivity index (χ4v) is 3.33. The summed E-state index contributed by atoms with van der Waals surface area (Å²) in [6.07, 6.45) is 0. The second-order valence-corrected chi connectivity index (χ2v) is 7.05. The van der Waals surface area contributed by atoms with Gasteiger partial charge in [-0.3, -0.25) is 14.4 Å². The highest BCUT2D eigenvalue weighted by Gasteiger charge is 2.10. The van der Waals surface area contributed by atoms with Gasteiger partial charge in [0, 0.05) is 29.9 Å². The molecule has 4 rings (SSSR count). The van der Waals surface area contributed by atoms with E-state index in [0.29, 0.717) is 17.1 Å². The highest BCUT2D eigenvalue weighted by molar-refractivity contribution is 5.96. The minimum atomic E-state index is -0.378. The van der Waals surface area contributed by atoms with Crippen LogP contribution in [0, 0.1) is 0 Å². The van der Waals surface area contributed by atoms with Crippen LogP contribution in [0.1, 0.15) is 6.92 Å². The molecule has 0 unspecified atom stereocenters. The Morgan fingerprint density at radius 2 is 1.52 bits per heavy atom. The second kappa shape index (κ2) is 8.62. The highest BCUT2D eigenvalue weighted by atomic mass is 16.2. The van der Waals surface area contributed by atoms with Crippen LogP contribution in [0.4, 0.5) is 11.4 Å². The van der Waals surface area contributed by atoms with Crippen LogP contribution in [0.5, 0.6) is 0 Å². The summed E-state index contributed by atoms with van der Waals surface area (Å²) in [6.45, 7) is 1.21. The number of rotatable bonds is 5. The van der Waals surface area contributed by atoms with E-state index in [9.17, 15) is 14.4 Å². The maximum Gasteiger partial charge on any atom is 0.267 e. The molecule has 31 heavy (non-hydrogen) atoms. The summed E-state index contributed by atoms with van der Waals surface area (Å²) in [5.74, 6) is -0.551. The summed E-state index contributed by atoms with van der Waals surface area (Å²) in [5.41, 5.74) is 2.33. The molecule has 0 bridgehead atoms. The van der Waals surface area contributed by atoms with Crippen LogP contribution in [-0.4, -0.2) is 21.6 Å². The molecule has 0 fully saturated rings. The molecule has 0 aliphatic carbocycles. The SMILES string of the molecule is CC(=O)Nc1ccc(NC(=O)Cn2nc(-c3cccc4ccccc34)ccc2=O)cc1. The Balaban J connectivity index is 1.54. The zero-order valence-corrected chi connectivity index (χ0v) is 16.8. The summed E-state index contributed by atoms with van der Waals surface area (Å²) in [7, 11) is 0. The van der Waals surface area contributed by atoms with E-state index in [1.807, 2.05) is 42.5 Å². The normalized spacial score (nSPS) is 10.6. The van der Waals surface area contributed by atoms with Crippen molar-refractivity contribution in [1.29, 1.82) is 0 Å². The Morgan fingerprint density at radius 1 is 0.839 bits per heavy atom. The van der Waals surface area contributed by atoms with E-state index >= 15 is 0 Å². The lowest BCUT2D eigenvalue weighted by Crippen LogP contribution is -2.29. The Hall–Kier alpha value is -4.26. The summed E-state index contributed by atoms with van der Waals surface area (Å²) in [5, 5.41) is 11.9. The fraction of sp³-hybridized carbons (Fsp3) is 0.0833. The summed E-state index contributed by atoms with van der Waals surface area (Å²) >= 11 is 0. The van der Waals surface area contributed by atoms with Crippen LogP contribution < -0.4 is 16.2 Å². The first kappa shape index (κ1) is 20.0. The van der Waals surface area contributed by atoms with Crippen molar-refractivity contribution in [2.45, 2.75) is 13.5 Å².